The molecule has 0 radical (unpaired) electrons. The molecule has 3 rings (SSSR count). The van der Waals surface area contributed by atoms with E-state index in [1.807, 2.05) is 6.20 Å². The summed E-state index contributed by atoms with van der Waals surface area (Å²) in [6, 6.07) is 4.35. The maximum absolute atomic E-state index is 9.50. The first-order chi connectivity index (χ1) is 11.3. The van der Waals surface area contributed by atoms with Gasteiger partial charge in [-0.1, -0.05) is 6.07 Å². The minimum absolute atomic E-state index is 0.0691. The SMILES string of the molecule is OC1CCN(CCCNCc2ccc(N3CCCC3)nc2)CC1. The topological polar surface area (TPSA) is 51.6 Å². The molecule has 0 atom stereocenters. The van der Waals surface area contributed by atoms with Gasteiger partial charge in [0.15, 0.2) is 0 Å². The molecule has 5 nitrogen and oxygen atoms in total. The second-order valence-corrected chi connectivity index (χ2v) is 6.82. The predicted octanol–water partition coefficient (Wildman–Crippen LogP) is 1.62. The van der Waals surface area contributed by atoms with E-state index in [-0.39, 0.29) is 6.10 Å². The highest BCUT2D eigenvalue weighted by molar-refractivity contribution is 5.40. The van der Waals surface area contributed by atoms with E-state index in [0.29, 0.717) is 0 Å². The van der Waals surface area contributed by atoms with Crippen molar-refractivity contribution in [1.82, 2.24) is 15.2 Å². The van der Waals surface area contributed by atoms with Crippen LogP contribution < -0.4 is 10.2 Å². The van der Waals surface area contributed by atoms with Crippen LogP contribution in [0, 0.1) is 0 Å². The first-order valence-electron chi connectivity index (χ1n) is 9.12. The first kappa shape index (κ1) is 16.7. The lowest BCUT2D eigenvalue weighted by atomic mass is 10.1. The average molecular weight is 318 g/mol. The molecule has 0 unspecified atom stereocenters. The molecule has 0 aliphatic carbocycles. The van der Waals surface area contributed by atoms with E-state index < -0.39 is 0 Å². The van der Waals surface area contributed by atoms with Crippen molar-refractivity contribution in [3.05, 3.63) is 23.9 Å². The Bertz CT molecular complexity index is 451. The second-order valence-electron chi connectivity index (χ2n) is 6.82. The Balaban J connectivity index is 1.30. The normalized spacial score (nSPS) is 20.3. The number of likely N-dealkylation sites (tertiary alicyclic amines) is 1. The van der Waals surface area contributed by atoms with Crippen LogP contribution in [-0.2, 0) is 6.54 Å². The number of nitrogens with one attached hydrogen (secondary N) is 1. The van der Waals surface area contributed by atoms with Crippen molar-refractivity contribution in [1.29, 1.82) is 0 Å². The van der Waals surface area contributed by atoms with Crippen molar-refractivity contribution < 1.29 is 5.11 Å². The molecule has 3 heterocycles. The van der Waals surface area contributed by atoms with Crippen LogP contribution in [-0.4, -0.2) is 60.4 Å². The summed E-state index contributed by atoms with van der Waals surface area (Å²) in [6.07, 6.45) is 7.55. The molecule has 1 aromatic rings. The number of nitrogens with zero attached hydrogens (tertiary/aromatic N) is 3. The summed E-state index contributed by atoms with van der Waals surface area (Å²) in [5.41, 5.74) is 1.26. The van der Waals surface area contributed by atoms with Crippen molar-refractivity contribution >= 4 is 5.82 Å². The van der Waals surface area contributed by atoms with Gasteiger partial charge in [0, 0.05) is 38.9 Å². The van der Waals surface area contributed by atoms with Crippen molar-refractivity contribution in [3.63, 3.8) is 0 Å². The molecular formula is C18H30N4O. The lowest BCUT2D eigenvalue weighted by Gasteiger charge is -2.29. The fraction of sp³-hybridized carbons (Fsp3) is 0.722. The number of rotatable bonds is 7. The minimum atomic E-state index is -0.0691. The van der Waals surface area contributed by atoms with Gasteiger partial charge in [0.1, 0.15) is 5.82 Å². The number of anilines is 1. The van der Waals surface area contributed by atoms with Crippen molar-refractivity contribution in [2.24, 2.45) is 0 Å². The molecule has 0 saturated carbocycles. The summed E-state index contributed by atoms with van der Waals surface area (Å²) in [4.78, 5) is 9.42. The Morgan fingerprint density at radius 2 is 1.91 bits per heavy atom. The van der Waals surface area contributed by atoms with Gasteiger partial charge in [0.2, 0.25) is 0 Å². The Kier molecular flexibility index (Phi) is 6.25. The van der Waals surface area contributed by atoms with Crippen LogP contribution in [0.3, 0.4) is 0 Å². The van der Waals surface area contributed by atoms with Gasteiger partial charge >= 0.3 is 0 Å². The van der Waals surface area contributed by atoms with Gasteiger partial charge in [-0.05, 0) is 56.8 Å². The van der Waals surface area contributed by atoms with Crippen LogP contribution in [0.25, 0.3) is 0 Å². The maximum atomic E-state index is 9.50. The molecule has 128 valence electrons. The molecule has 0 bridgehead atoms. The van der Waals surface area contributed by atoms with Gasteiger partial charge in [-0.15, -0.1) is 0 Å². The minimum Gasteiger partial charge on any atom is -0.393 e. The summed E-state index contributed by atoms with van der Waals surface area (Å²) >= 11 is 0. The highest BCUT2D eigenvalue weighted by Crippen LogP contribution is 2.17. The van der Waals surface area contributed by atoms with E-state index in [2.05, 4.69) is 32.2 Å². The van der Waals surface area contributed by atoms with Crippen molar-refractivity contribution in [3.8, 4) is 0 Å². The lowest BCUT2D eigenvalue weighted by molar-refractivity contribution is 0.0821. The molecule has 0 amide bonds. The predicted molar refractivity (Wildman–Crippen MR) is 93.7 cm³/mol. The Hall–Kier alpha value is -1.17. The van der Waals surface area contributed by atoms with Gasteiger partial charge in [-0.3, -0.25) is 0 Å². The van der Waals surface area contributed by atoms with Crippen LogP contribution in [0.2, 0.25) is 0 Å². The van der Waals surface area contributed by atoms with Crippen LogP contribution in [0.5, 0.6) is 0 Å². The molecule has 23 heavy (non-hydrogen) atoms. The molecule has 0 aromatic carbocycles. The Morgan fingerprint density at radius 1 is 1.13 bits per heavy atom. The van der Waals surface area contributed by atoms with E-state index in [1.54, 1.807) is 0 Å². The van der Waals surface area contributed by atoms with Crippen LogP contribution in [0.4, 0.5) is 5.82 Å². The van der Waals surface area contributed by atoms with Gasteiger partial charge in [-0.2, -0.15) is 0 Å². The van der Waals surface area contributed by atoms with E-state index in [1.165, 1.54) is 18.4 Å². The van der Waals surface area contributed by atoms with E-state index in [9.17, 15) is 5.11 Å². The third-order valence-electron chi connectivity index (χ3n) is 4.95. The molecule has 2 N–H and O–H groups in total. The highest BCUT2D eigenvalue weighted by Gasteiger charge is 2.16. The van der Waals surface area contributed by atoms with Crippen LogP contribution in [0.15, 0.2) is 18.3 Å². The summed E-state index contributed by atoms with van der Waals surface area (Å²) in [5.74, 6) is 1.12. The lowest BCUT2D eigenvalue weighted by Crippen LogP contribution is -2.37. The monoisotopic (exact) mass is 318 g/mol. The van der Waals surface area contributed by atoms with Crippen molar-refractivity contribution in [2.45, 2.75) is 44.8 Å². The molecule has 0 spiro atoms. The smallest absolute Gasteiger partial charge is 0.128 e. The third-order valence-corrected chi connectivity index (χ3v) is 4.95. The Labute approximate surface area is 139 Å². The quantitative estimate of drug-likeness (QED) is 0.748. The zero-order chi connectivity index (χ0) is 15.9. The van der Waals surface area contributed by atoms with Crippen LogP contribution in [0.1, 0.15) is 37.7 Å². The number of piperidine rings is 1. The number of aromatic nitrogens is 1. The third kappa shape index (κ3) is 5.16. The molecule has 2 saturated heterocycles. The van der Waals surface area contributed by atoms with Gasteiger partial charge in [-0.25, -0.2) is 4.98 Å². The van der Waals surface area contributed by atoms with Gasteiger partial charge in [0.25, 0.3) is 0 Å². The Morgan fingerprint density at radius 3 is 2.61 bits per heavy atom. The highest BCUT2D eigenvalue weighted by atomic mass is 16.3. The van der Waals surface area contributed by atoms with Gasteiger partial charge < -0.3 is 20.2 Å². The number of pyridine rings is 1. The molecule has 2 fully saturated rings. The largest absolute Gasteiger partial charge is 0.393 e. The van der Waals surface area contributed by atoms with Gasteiger partial charge in [0.05, 0.1) is 6.10 Å². The first-order valence-corrected chi connectivity index (χ1v) is 9.12. The fourth-order valence-electron chi connectivity index (χ4n) is 3.46. The number of hydrogen-bond donors (Lipinski definition) is 2. The van der Waals surface area contributed by atoms with Crippen molar-refractivity contribution in [2.75, 3.05) is 44.2 Å². The second kappa shape index (κ2) is 8.62. The summed E-state index contributed by atoms with van der Waals surface area (Å²) in [7, 11) is 0. The zero-order valence-corrected chi connectivity index (χ0v) is 14.1. The number of hydrogen-bond acceptors (Lipinski definition) is 5. The van der Waals surface area contributed by atoms with E-state index in [0.717, 1.165) is 70.9 Å². The number of aliphatic hydroxyl groups is 1. The average Bonchev–Trinajstić information content (AvgIpc) is 3.11. The van der Waals surface area contributed by atoms with E-state index in [4.69, 9.17) is 0 Å². The van der Waals surface area contributed by atoms with E-state index >= 15 is 0 Å². The maximum Gasteiger partial charge on any atom is 0.128 e. The summed E-state index contributed by atoms with van der Waals surface area (Å²) in [6.45, 7) is 7.45. The molecule has 2 aliphatic heterocycles. The number of aliphatic hydroxyl groups excluding tert-OH is 1. The molecule has 5 heteroatoms. The fourth-order valence-corrected chi connectivity index (χ4v) is 3.46. The molecule has 2 aliphatic rings. The summed E-state index contributed by atoms with van der Waals surface area (Å²) in [5, 5.41) is 13.0. The molecular weight excluding hydrogens is 288 g/mol. The zero-order valence-electron chi connectivity index (χ0n) is 14.1. The van der Waals surface area contributed by atoms with Crippen LogP contribution >= 0.6 is 0 Å². The summed E-state index contributed by atoms with van der Waals surface area (Å²) < 4.78 is 0. The molecule has 1 aromatic heterocycles. The standard InChI is InChI=1S/C18H30N4O/c23-17-6-12-21(13-7-17)9-3-8-19-14-16-4-5-18(20-15-16)22-10-1-2-11-22/h4-5,15,17,19,23H,1-3,6-14H2.